The fourth-order valence-electron chi connectivity index (χ4n) is 3.12. The number of piperidine rings is 1. The molecule has 8 nitrogen and oxygen atoms in total. The minimum atomic E-state index is -3.81. The molecule has 1 aliphatic heterocycles. The van der Waals surface area contributed by atoms with Crippen molar-refractivity contribution in [1.82, 2.24) is 4.90 Å². The number of rotatable bonds is 6. The molecule has 30 heavy (non-hydrogen) atoms. The Hall–Kier alpha value is -3.07. The zero-order valence-corrected chi connectivity index (χ0v) is 17.6. The summed E-state index contributed by atoms with van der Waals surface area (Å²) in [7, 11) is -3.81. The maximum atomic E-state index is 12.6. The third kappa shape index (κ3) is 5.50. The Morgan fingerprint density at radius 2 is 1.53 bits per heavy atom. The third-order valence-corrected chi connectivity index (χ3v) is 6.10. The number of hydrogen-bond acceptors (Lipinski definition) is 5. The minimum Gasteiger partial charge on any atom is -0.462 e. The molecule has 0 unspecified atom stereocenters. The summed E-state index contributed by atoms with van der Waals surface area (Å²) in [4.78, 5) is 25.8. The summed E-state index contributed by atoms with van der Waals surface area (Å²) in [6, 6.07) is 11.8. The van der Waals surface area contributed by atoms with E-state index in [4.69, 9.17) is 4.74 Å². The number of carbonyl (C=O) groups excluding carboxylic acids is 2. The van der Waals surface area contributed by atoms with Crippen molar-refractivity contribution in [2.75, 3.05) is 29.7 Å². The van der Waals surface area contributed by atoms with E-state index < -0.39 is 16.0 Å². The second-order valence-electron chi connectivity index (χ2n) is 6.91. The first kappa shape index (κ1) is 21.6. The monoisotopic (exact) mass is 431 g/mol. The lowest BCUT2D eigenvalue weighted by atomic mass is 10.1. The first-order valence-corrected chi connectivity index (χ1v) is 11.3. The molecule has 1 heterocycles. The molecule has 0 spiro atoms. The smallest absolute Gasteiger partial charge is 0.338 e. The van der Waals surface area contributed by atoms with E-state index in [1.54, 1.807) is 24.0 Å². The van der Waals surface area contributed by atoms with Crippen LogP contribution in [0.4, 0.5) is 16.2 Å². The summed E-state index contributed by atoms with van der Waals surface area (Å²) < 4.78 is 32.6. The van der Waals surface area contributed by atoms with Crippen LogP contribution in [0.25, 0.3) is 0 Å². The highest BCUT2D eigenvalue weighted by atomic mass is 32.2. The SMILES string of the molecule is CCOC(=O)c1ccc(NS(=O)(=O)c2ccc(NC(=O)N3CCCCC3)cc2)cc1. The van der Waals surface area contributed by atoms with Crippen LogP contribution >= 0.6 is 0 Å². The predicted octanol–water partition coefficient (Wildman–Crippen LogP) is 3.68. The molecule has 0 aliphatic carbocycles. The first-order chi connectivity index (χ1) is 14.4. The highest BCUT2D eigenvalue weighted by Gasteiger charge is 2.18. The molecule has 0 saturated carbocycles. The lowest BCUT2D eigenvalue weighted by Crippen LogP contribution is -2.38. The summed E-state index contributed by atoms with van der Waals surface area (Å²) in [6.45, 7) is 3.45. The van der Waals surface area contributed by atoms with Crippen LogP contribution in [0, 0.1) is 0 Å². The van der Waals surface area contributed by atoms with Crippen LogP contribution in [-0.2, 0) is 14.8 Å². The number of nitrogens with zero attached hydrogens (tertiary/aromatic N) is 1. The summed E-state index contributed by atoms with van der Waals surface area (Å²) >= 11 is 0. The lowest BCUT2D eigenvalue weighted by Gasteiger charge is -2.26. The average molecular weight is 432 g/mol. The van der Waals surface area contributed by atoms with E-state index in [0.29, 0.717) is 16.9 Å². The van der Waals surface area contributed by atoms with Crippen molar-refractivity contribution in [3.05, 3.63) is 54.1 Å². The van der Waals surface area contributed by atoms with Gasteiger partial charge in [0.25, 0.3) is 10.0 Å². The van der Waals surface area contributed by atoms with Gasteiger partial charge in [-0.25, -0.2) is 18.0 Å². The number of ether oxygens (including phenoxy) is 1. The van der Waals surface area contributed by atoms with Crippen molar-refractivity contribution in [1.29, 1.82) is 0 Å². The molecule has 2 amide bonds. The Morgan fingerprint density at radius 1 is 0.933 bits per heavy atom. The number of benzene rings is 2. The van der Waals surface area contributed by atoms with Crippen molar-refractivity contribution in [2.45, 2.75) is 31.1 Å². The molecule has 2 aromatic carbocycles. The van der Waals surface area contributed by atoms with Crippen LogP contribution in [0.15, 0.2) is 53.4 Å². The van der Waals surface area contributed by atoms with Gasteiger partial charge in [-0.1, -0.05) is 0 Å². The quantitative estimate of drug-likeness (QED) is 0.679. The zero-order chi connectivity index (χ0) is 21.6. The highest BCUT2D eigenvalue weighted by molar-refractivity contribution is 7.92. The normalized spacial score (nSPS) is 14.1. The number of esters is 1. The van der Waals surface area contributed by atoms with E-state index in [-0.39, 0.29) is 17.5 Å². The van der Waals surface area contributed by atoms with E-state index >= 15 is 0 Å². The fourth-order valence-corrected chi connectivity index (χ4v) is 4.18. The number of amides is 2. The Bertz CT molecular complexity index is 982. The van der Waals surface area contributed by atoms with Gasteiger partial charge in [0, 0.05) is 24.5 Å². The molecule has 0 radical (unpaired) electrons. The third-order valence-electron chi connectivity index (χ3n) is 4.71. The van der Waals surface area contributed by atoms with Gasteiger partial charge in [0.1, 0.15) is 0 Å². The largest absolute Gasteiger partial charge is 0.462 e. The van der Waals surface area contributed by atoms with Crippen molar-refractivity contribution >= 4 is 33.4 Å². The van der Waals surface area contributed by atoms with Gasteiger partial charge in [-0.3, -0.25) is 4.72 Å². The Labute approximate surface area is 176 Å². The molecular formula is C21H25N3O5S. The summed E-state index contributed by atoms with van der Waals surface area (Å²) in [6.07, 6.45) is 3.13. The van der Waals surface area contributed by atoms with E-state index in [0.717, 1.165) is 32.4 Å². The number of hydrogen-bond donors (Lipinski definition) is 2. The van der Waals surface area contributed by atoms with Crippen LogP contribution < -0.4 is 10.0 Å². The number of urea groups is 1. The molecule has 0 atom stereocenters. The number of anilines is 2. The number of nitrogens with one attached hydrogen (secondary N) is 2. The average Bonchev–Trinajstić information content (AvgIpc) is 2.75. The van der Waals surface area contributed by atoms with Gasteiger partial charge < -0.3 is 15.0 Å². The van der Waals surface area contributed by atoms with Crippen molar-refractivity contribution in [2.24, 2.45) is 0 Å². The van der Waals surface area contributed by atoms with Crippen LogP contribution in [0.1, 0.15) is 36.5 Å². The molecule has 9 heteroatoms. The van der Waals surface area contributed by atoms with Gasteiger partial charge in [-0.05, 0) is 74.7 Å². The zero-order valence-electron chi connectivity index (χ0n) is 16.8. The standard InChI is InChI=1S/C21H25N3O5S/c1-2-29-20(25)16-6-8-18(9-7-16)23-30(27,28)19-12-10-17(11-13-19)22-21(26)24-14-4-3-5-15-24/h6-13,23H,2-5,14-15H2,1H3,(H,22,26). The molecule has 1 aliphatic rings. The number of sulfonamides is 1. The Balaban J connectivity index is 1.63. The Kier molecular flexibility index (Phi) is 6.94. The Morgan fingerprint density at radius 3 is 2.13 bits per heavy atom. The van der Waals surface area contributed by atoms with Crippen LogP contribution in [0.5, 0.6) is 0 Å². The predicted molar refractivity (Wildman–Crippen MR) is 114 cm³/mol. The molecule has 1 saturated heterocycles. The van der Waals surface area contributed by atoms with Crippen LogP contribution in [0.3, 0.4) is 0 Å². The van der Waals surface area contributed by atoms with Crippen molar-refractivity contribution in [3.8, 4) is 0 Å². The van der Waals surface area contributed by atoms with Crippen LogP contribution in [-0.4, -0.2) is 45.0 Å². The summed E-state index contributed by atoms with van der Waals surface area (Å²) in [5, 5.41) is 2.80. The maximum absolute atomic E-state index is 12.6. The fraction of sp³-hybridized carbons (Fsp3) is 0.333. The first-order valence-electron chi connectivity index (χ1n) is 9.85. The van der Waals surface area contributed by atoms with E-state index in [2.05, 4.69) is 10.0 Å². The molecule has 3 rings (SSSR count). The number of likely N-dealkylation sites (tertiary alicyclic amines) is 1. The van der Waals surface area contributed by atoms with Gasteiger partial charge in [0.15, 0.2) is 0 Å². The highest BCUT2D eigenvalue weighted by Crippen LogP contribution is 2.20. The molecule has 1 fully saturated rings. The van der Waals surface area contributed by atoms with Gasteiger partial charge >= 0.3 is 12.0 Å². The van der Waals surface area contributed by atoms with Crippen LogP contribution in [0.2, 0.25) is 0 Å². The van der Waals surface area contributed by atoms with E-state index in [1.807, 2.05) is 0 Å². The van der Waals surface area contributed by atoms with Crippen molar-refractivity contribution in [3.63, 3.8) is 0 Å². The molecular weight excluding hydrogens is 406 g/mol. The van der Waals surface area contributed by atoms with Crippen molar-refractivity contribution < 1.29 is 22.7 Å². The molecule has 0 aromatic heterocycles. The summed E-state index contributed by atoms with van der Waals surface area (Å²) in [5.41, 5.74) is 1.20. The molecule has 2 aromatic rings. The molecule has 160 valence electrons. The molecule has 2 N–H and O–H groups in total. The van der Waals surface area contributed by atoms with Gasteiger partial charge in [0.2, 0.25) is 0 Å². The maximum Gasteiger partial charge on any atom is 0.338 e. The molecule has 0 bridgehead atoms. The van der Waals surface area contributed by atoms with Gasteiger partial charge in [0.05, 0.1) is 17.1 Å². The van der Waals surface area contributed by atoms with E-state index in [9.17, 15) is 18.0 Å². The topological polar surface area (TPSA) is 105 Å². The van der Waals surface area contributed by atoms with Gasteiger partial charge in [-0.2, -0.15) is 0 Å². The second kappa shape index (κ2) is 9.62. The van der Waals surface area contributed by atoms with Gasteiger partial charge in [-0.15, -0.1) is 0 Å². The second-order valence-corrected chi connectivity index (χ2v) is 8.59. The minimum absolute atomic E-state index is 0.0629. The lowest BCUT2D eigenvalue weighted by molar-refractivity contribution is 0.0526. The summed E-state index contributed by atoms with van der Waals surface area (Å²) in [5.74, 6) is -0.464. The van der Waals surface area contributed by atoms with E-state index in [1.165, 1.54) is 36.4 Å². The number of carbonyl (C=O) groups is 2.